The fourth-order valence-electron chi connectivity index (χ4n) is 4.82. The van der Waals surface area contributed by atoms with Gasteiger partial charge in [0.15, 0.2) is 6.61 Å². The van der Waals surface area contributed by atoms with Crippen molar-refractivity contribution >= 4 is 42.2 Å². The van der Waals surface area contributed by atoms with Crippen LogP contribution in [-0.4, -0.2) is 45.7 Å². The van der Waals surface area contributed by atoms with Gasteiger partial charge in [-0.2, -0.15) is 0 Å². The summed E-state index contributed by atoms with van der Waals surface area (Å²) in [4.78, 5) is 41.8. The van der Waals surface area contributed by atoms with Gasteiger partial charge in [0.25, 0.3) is 11.8 Å². The highest BCUT2D eigenvalue weighted by Crippen LogP contribution is 2.45. The van der Waals surface area contributed by atoms with Crippen LogP contribution in [-0.2, 0) is 19.2 Å². The Hall–Kier alpha value is -4.19. The van der Waals surface area contributed by atoms with Crippen LogP contribution in [0.15, 0.2) is 71.8 Å². The molecule has 5 heterocycles. The van der Waals surface area contributed by atoms with Gasteiger partial charge < -0.3 is 27.5 Å². The molecule has 1 aromatic carbocycles. The van der Waals surface area contributed by atoms with E-state index < -0.39 is 37.4 Å². The minimum Gasteiger partial charge on any atom is -0.482 e. The van der Waals surface area contributed by atoms with Crippen LogP contribution in [0.4, 0.5) is 8.63 Å². The molecular weight excluding hydrogens is 503 g/mol. The molecule has 1 unspecified atom stereocenters. The van der Waals surface area contributed by atoms with Crippen molar-refractivity contribution in [2.75, 3.05) is 6.61 Å². The highest BCUT2D eigenvalue weighted by Gasteiger charge is 2.46. The Kier molecular flexibility index (Phi) is 5.48. The summed E-state index contributed by atoms with van der Waals surface area (Å²) in [7, 11) is 0. The van der Waals surface area contributed by atoms with Crippen LogP contribution in [0, 0.1) is 0 Å². The number of hydroxylamine groups is 2. The summed E-state index contributed by atoms with van der Waals surface area (Å²) >= 11 is 1.41. The van der Waals surface area contributed by atoms with Crippen molar-refractivity contribution in [2.24, 2.45) is 0 Å². The molecule has 37 heavy (non-hydrogen) atoms. The number of thiophene rings is 1. The van der Waals surface area contributed by atoms with Crippen LogP contribution in [0.25, 0.3) is 16.6 Å². The number of carbonyl (C=O) groups is 3. The number of fused-ring (bicyclic) bond motifs is 2. The van der Waals surface area contributed by atoms with Gasteiger partial charge in [-0.3, -0.25) is 9.59 Å². The maximum atomic E-state index is 16.0. The first-order chi connectivity index (χ1) is 17.8. The van der Waals surface area contributed by atoms with Gasteiger partial charge in [0.05, 0.1) is 0 Å². The van der Waals surface area contributed by atoms with Crippen molar-refractivity contribution in [1.82, 2.24) is 14.4 Å². The number of allylic oxidation sites excluding steroid dienone is 1. The predicted molar refractivity (Wildman–Crippen MR) is 132 cm³/mol. The first-order valence-electron chi connectivity index (χ1n) is 11.6. The Morgan fingerprint density at radius 2 is 1.81 bits per heavy atom. The lowest BCUT2D eigenvalue weighted by molar-refractivity contribution is -0.198. The van der Waals surface area contributed by atoms with E-state index in [-0.39, 0.29) is 12.8 Å². The standard InChI is InChI=1S/C25H19BF2N3O5S/c27-26(28)29-17(14-18-6-10-21(30(18)26)22-2-1-13-37-22)5-9-20(29)16-3-7-19(8-4-16)35-15-25(34)36-31-23(32)11-12-24(31)33/h1-10,13-14,20H,11-12,15H2/q-1. The van der Waals surface area contributed by atoms with E-state index in [4.69, 9.17) is 9.57 Å². The Morgan fingerprint density at radius 3 is 2.51 bits per heavy atom. The molecule has 0 N–H and O–H groups in total. The number of halogens is 2. The van der Waals surface area contributed by atoms with E-state index >= 15 is 8.63 Å². The second kappa shape index (κ2) is 8.73. The van der Waals surface area contributed by atoms with Crippen LogP contribution >= 0.6 is 11.3 Å². The number of rotatable bonds is 6. The zero-order valence-electron chi connectivity index (χ0n) is 19.3. The van der Waals surface area contributed by atoms with Crippen LogP contribution < -0.4 is 4.74 Å². The van der Waals surface area contributed by atoms with E-state index in [1.165, 1.54) is 11.3 Å². The first-order valence-corrected chi connectivity index (χ1v) is 12.5. The minimum absolute atomic E-state index is 0.000703. The van der Waals surface area contributed by atoms with E-state index in [1.807, 2.05) is 17.5 Å². The molecule has 3 aromatic rings. The number of hydrogen-bond donors (Lipinski definition) is 0. The van der Waals surface area contributed by atoms with Crippen molar-refractivity contribution in [3.05, 3.63) is 83.0 Å². The Balaban J connectivity index is 1.17. The van der Waals surface area contributed by atoms with Gasteiger partial charge in [0, 0.05) is 40.8 Å². The highest BCUT2D eigenvalue weighted by atomic mass is 32.1. The number of hydrogen-bond acceptors (Lipinski definition) is 7. The normalized spacial score (nSPS) is 19.6. The molecule has 0 saturated carbocycles. The monoisotopic (exact) mass is 522 g/mol. The fraction of sp³-hybridized carbons (Fsp3) is 0.160. The molecular formula is C25H19BF2N3O5S-. The topological polar surface area (TPSA) is 81.1 Å². The summed E-state index contributed by atoms with van der Waals surface area (Å²) in [5.41, 5.74) is 1.99. The average Bonchev–Trinajstić information content (AvgIpc) is 3.67. The summed E-state index contributed by atoms with van der Waals surface area (Å²) in [6, 6.07) is 12.9. The number of carbonyl (C=O) groups excluding carboxylic acids is 3. The third-order valence-electron chi connectivity index (χ3n) is 6.49. The van der Waals surface area contributed by atoms with Gasteiger partial charge in [-0.05, 0) is 53.4 Å². The Bertz CT molecular complexity index is 1450. The van der Waals surface area contributed by atoms with Crippen LogP contribution in [0.3, 0.4) is 0 Å². The molecule has 0 radical (unpaired) electrons. The molecule has 2 amide bonds. The van der Waals surface area contributed by atoms with Gasteiger partial charge in [0.2, 0.25) is 0 Å². The zero-order valence-corrected chi connectivity index (χ0v) is 20.1. The number of imide groups is 1. The quantitative estimate of drug-likeness (QED) is 0.353. The molecule has 8 nitrogen and oxygen atoms in total. The lowest BCUT2D eigenvalue weighted by Crippen LogP contribution is -2.54. The maximum absolute atomic E-state index is 16.0. The van der Waals surface area contributed by atoms with Crippen molar-refractivity contribution < 1.29 is 32.6 Å². The van der Waals surface area contributed by atoms with Crippen LogP contribution in [0.1, 0.15) is 30.1 Å². The molecule has 1 fully saturated rings. The predicted octanol–water partition coefficient (Wildman–Crippen LogP) is 4.39. The zero-order chi connectivity index (χ0) is 25.7. The van der Waals surface area contributed by atoms with Gasteiger partial charge in [0.1, 0.15) is 5.75 Å². The summed E-state index contributed by atoms with van der Waals surface area (Å²) in [6.45, 7) is -4.66. The molecule has 0 bridgehead atoms. The third-order valence-corrected chi connectivity index (χ3v) is 7.38. The molecule has 2 aromatic heterocycles. The molecule has 12 heteroatoms. The Labute approximate surface area is 214 Å². The van der Waals surface area contributed by atoms with E-state index in [1.54, 1.807) is 54.6 Å². The number of aromatic nitrogens is 1. The summed E-state index contributed by atoms with van der Waals surface area (Å²) in [5, 5.41) is 2.31. The minimum atomic E-state index is -4.14. The smallest absolute Gasteiger partial charge is 0.482 e. The molecule has 1 saturated heterocycles. The van der Waals surface area contributed by atoms with Crippen molar-refractivity contribution in [3.8, 4) is 16.3 Å². The fourth-order valence-corrected chi connectivity index (χ4v) is 5.56. The molecule has 3 aliphatic heterocycles. The van der Waals surface area contributed by atoms with Crippen molar-refractivity contribution in [2.45, 2.75) is 18.9 Å². The van der Waals surface area contributed by atoms with E-state index in [0.717, 1.165) is 14.2 Å². The second-order valence-corrected chi connectivity index (χ2v) is 9.71. The summed E-state index contributed by atoms with van der Waals surface area (Å²) in [6.07, 6.45) is 5.18. The number of nitrogens with zero attached hydrogens (tertiary/aromatic N) is 3. The van der Waals surface area contributed by atoms with Gasteiger partial charge in [-0.1, -0.05) is 24.3 Å². The lowest BCUT2D eigenvalue weighted by Gasteiger charge is -2.47. The largest absolute Gasteiger partial charge is 0.530 e. The van der Waals surface area contributed by atoms with Gasteiger partial charge >= 0.3 is 12.9 Å². The van der Waals surface area contributed by atoms with Crippen LogP contribution in [0.2, 0.25) is 0 Å². The van der Waals surface area contributed by atoms with Crippen LogP contribution in [0.5, 0.6) is 5.75 Å². The van der Waals surface area contributed by atoms with E-state index in [9.17, 15) is 14.4 Å². The van der Waals surface area contributed by atoms with Crippen molar-refractivity contribution in [3.63, 3.8) is 0 Å². The Morgan fingerprint density at radius 1 is 1.05 bits per heavy atom. The first kappa shape index (κ1) is 23.2. The van der Waals surface area contributed by atoms with Gasteiger partial charge in [-0.15, -0.1) is 16.4 Å². The summed E-state index contributed by atoms with van der Waals surface area (Å²) in [5.74, 6) is -1.75. The molecule has 188 valence electrons. The molecule has 3 aliphatic rings. The SMILES string of the molecule is O=C(COc1ccc(C2C=CC3=Cc4ccc(-c5cccs5)n4[B-](F)(F)N32)cc1)ON1C(=O)CCC1=O. The van der Waals surface area contributed by atoms with Gasteiger partial charge in [-0.25, -0.2) is 4.79 Å². The lowest BCUT2D eigenvalue weighted by atomic mass is 9.86. The van der Waals surface area contributed by atoms with E-state index in [0.29, 0.717) is 33.5 Å². The average molecular weight is 522 g/mol. The van der Waals surface area contributed by atoms with E-state index in [2.05, 4.69) is 0 Å². The summed E-state index contributed by atoms with van der Waals surface area (Å²) < 4.78 is 38.6. The molecule has 6 rings (SSSR count). The molecule has 0 aliphatic carbocycles. The molecule has 1 atom stereocenters. The molecule has 0 spiro atoms. The number of amides is 2. The van der Waals surface area contributed by atoms with Crippen molar-refractivity contribution in [1.29, 1.82) is 0 Å². The number of ether oxygens (including phenoxy) is 1. The highest BCUT2D eigenvalue weighted by molar-refractivity contribution is 7.13. The maximum Gasteiger partial charge on any atom is 0.530 e. The second-order valence-electron chi connectivity index (χ2n) is 8.76. The number of benzene rings is 1. The third kappa shape index (κ3) is 3.93.